The largest absolute Gasteiger partial charge is 0.345 e. The summed E-state index contributed by atoms with van der Waals surface area (Å²) < 4.78 is 0. The maximum atomic E-state index is 12.6. The van der Waals surface area contributed by atoms with Crippen LogP contribution in [0.15, 0.2) is 54.6 Å². The summed E-state index contributed by atoms with van der Waals surface area (Å²) in [6, 6.07) is 17.6. The Hall–Kier alpha value is -1.84. The Labute approximate surface area is 148 Å². The topological polar surface area (TPSA) is 55.1 Å². The van der Waals surface area contributed by atoms with E-state index < -0.39 is 0 Å². The molecule has 2 aromatic carbocycles. The normalized spacial score (nSPS) is 21.4. The Morgan fingerprint density at radius 2 is 1.88 bits per heavy atom. The van der Waals surface area contributed by atoms with Crippen molar-refractivity contribution < 1.29 is 4.79 Å². The molecular formula is C20H23ClN2O. The average molecular weight is 343 g/mol. The summed E-state index contributed by atoms with van der Waals surface area (Å²) in [7, 11) is 0. The van der Waals surface area contributed by atoms with E-state index >= 15 is 0 Å². The van der Waals surface area contributed by atoms with Gasteiger partial charge in [-0.05, 0) is 42.0 Å². The maximum absolute atomic E-state index is 12.6. The molecule has 3 nitrogen and oxygen atoms in total. The van der Waals surface area contributed by atoms with Crippen LogP contribution < -0.4 is 11.1 Å². The van der Waals surface area contributed by atoms with Crippen molar-refractivity contribution in [3.05, 3.63) is 70.7 Å². The lowest BCUT2D eigenvalue weighted by molar-refractivity contribution is -0.122. The molecule has 1 aliphatic rings. The van der Waals surface area contributed by atoms with E-state index in [0.717, 1.165) is 30.4 Å². The lowest BCUT2D eigenvalue weighted by Crippen LogP contribution is -2.34. The molecule has 0 spiro atoms. The highest BCUT2D eigenvalue weighted by Gasteiger charge is 2.27. The van der Waals surface area contributed by atoms with E-state index in [1.165, 1.54) is 0 Å². The molecule has 3 rings (SSSR count). The van der Waals surface area contributed by atoms with Gasteiger partial charge in [0.05, 0.1) is 6.04 Å². The molecule has 1 saturated carbocycles. The van der Waals surface area contributed by atoms with Crippen LogP contribution in [-0.2, 0) is 4.79 Å². The maximum Gasteiger partial charge on any atom is 0.221 e. The quantitative estimate of drug-likeness (QED) is 0.860. The van der Waals surface area contributed by atoms with Gasteiger partial charge in [-0.15, -0.1) is 0 Å². The van der Waals surface area contributed by atoms with Crippen molar-refractivity contribution in [2.75, 3.05) is 0 Å². The van der Waals surface area contributed by atoms with Crippen LogP contribution in [0, 0.1) is 5.92 Å². The second kappa shape index (κ2) is 7.82. The van der Waals surface area contributed by atoms with Crippen molar-refractivity contribution in [3.8, 4) is 0 Å². The summed E-state index contributed by atoms with van der Waals surface area (Å²) >= 11 is 6.14. The Kier molecular flexibility index (Phi) is 5.54. The first-order valence-electron chi connectivity index (χ1n) is 8.49. The lowest BCUT2D eigenvalue weighted by Gasteiger charge is -2.22. The third-order valence-electron chi connectivity index (χ3n) is 4.79. The molecule has 1 amide bonds. The van der Waals surface area contributed by atoms with Gasteiger partial charge in [0.15, 0.2) is 0 Å². The van der Waals surface area contributed by atoms with Crippen LogP contribution in [0.25, 0.3) is 0 Å². The Balaban J connectivity index is 1.79. The number of halogens is 1. The van der Waals surface area contributed by atoms with E-state index in [1.807, 2.05) is 54.6 Å². The van der Waals surface area contributed by atoms with Gasteiger partial charge in [-0.1, -0.05) is 60.5 Å². The summed E-state index contributed by atoms with van der Waals surface area (Å²) in [5, 5.41) is 3.84. The Morgan fingerprint density at radius 3 is 2.54 bits per heavy atom. The molecule has 24 heavy (non-hydrogen) atoms. The number of benzene rings is 2. The van der Waals surface area contributed by atoms with Gasteiger partial charge in [0.25, 0.3) is 0 Å². The molecule has 3 N–H and O–H groups in total. The monoisotopic (exact) mass is 342 g/mol. The molecule has 2 aromatic rings. The summed E-state index contributed by atoms with van der Waals surface area (Å²) in [4.78, 5) is 12.6. The van der Waals surface area contributed by atoms with E-state index in [4.69, 9.17) is 17.3 Å². The van der Waals surface area contributed by atoms with Gasteiger partial charge in [0, 0.05) is 17.5 Å². The molecule has 1 aliphatic carbocycles. The zero-order chi connectivity index (χ0) is 16.9. The van der Waals surface area contributed by atoms with Gasteiger partial charge >= 0.3 is 0 Å². The van der Waals surface area contributed by atoms with E-state index in [0.29, 0.717) is 17.4 Å². The van der Waals surface area contributed by atoms with Crippen LogP contribution >= 0.6 is 11.6 Å². The number of nitrogens with two attached hydrogens (primary N) is 1. The van der Waals surface area contributed by atoms with Gasteiger partial charge in [-0.25, -0.2) is 0 Å². The first-order valence-corrected chi connectivity index (χ1v) is 8.86. The fourth-order valence-electron chi connectivity index (χ4n) is 3.47. The lowest BCUT2D eigenvalue weighted by atomic mass is 9.96. The average Bonchev–Trinajstić information content (AvgIpc) is 2.98. The third kappa shape index (κ3) is 4.16. The number of nitrogens with one attached hydrogen (secondary N) is 1. The molecule has 0 heterocycles. The Morgan fingerprint density at radius 1 is 1.12 bits per heavy atom. The molecule has 0 radical (unpaired) electrons. The van der Waals surface area contributed by atoms with Crippen LogP contribution in [0.2, 0.25) is 5.02 Å². The zero-order valence-corrected chi connectivity index (χ0v) is 14.4. The standard InChI is InChI=1S/C20H23ClN2O/c21-17-10-4-9-16(12-17)20(14-6-2-1-3-7-14)23-19(24)13-15-8-5-11-18(15)22/h1-4,6-7,9-10,12,15,18,20H,5,8,11,13,22H2,(H,23,24)/t15-,18+,20?/m0/s1. The van der Waals surface area contributed by atoms with Crippen LogP contribution in [0.5, 0.6) is 0 Å². The Bertz CT molecular complexity index is 689. The van der Waals surface area contributed by atoms with Crippen LogP contribution in [0.1, 0.15) is 42.9 Å². The van der Waals surface area contributed by atoms with Crippen molar-refractivity contribution >= 4 is 17.5 Å². The molecule has 1 unspecified atom stereocenters. The number of rotatable bonds is 5. The van der Waals surface area contributed by atoms with Gasteiger partial charge in [0.2, 0.25) is 5.91 Å². The number of carbonyl (C=O) groups excluding carboxylic acids is 1. The molecule has 0 aromatic heterocycles. The molecule has 126 valence electrons. The van der Waals surface area contributed by atoms with Gasteiger partial charge < -0.3 is 11.1 Å². The van der Waals surface area contributed by atoms with E-state index in [2.05, 4.69) is 5.32 Å². The van der Waals surface area contributed by atoms with Gasteiger partial charge in [0.1, 0.15) is 0 Å². The summed E-state index contributed by atoms with van der Waals surface area (Å²) in [6.07, 6.45) is 3.68. The molecule has 1 fully saturated rings. The summed E-state index contributed by atoms with van der Waals surface area (Å²) in [5.74, 6) is 0.340. The highest BCUT2D eigenvalue weighted by molar-refractivity contribution is 6.30. The highest BCUT2D eigenvalue weighted by atomic mass is 35.5. The minimum atomic E-state index is -0.199. The predicted octanol–water partition coefficient (Wildman–Crippen LogP) is 4.06. The van der Waals surface area contributed by atoms with Gasteiger partial charge in [-0.3, -0.25) is 4.79 Å². The SMILES string of the molecule is N[C@@H]1CCC[C@H]1CC(=O)NC(c1ccccc1)c1cccc(Cl)c1. The van der Waals surface area contributed by atoms with Crippen molar-refractivity contribution in [1.29, 1.82) is 0 Å². The minimum absolute atomic E-state index is 0.0474. The molecule has 0 aliphatic heterocycles. The summed E-state index contributed by atoms with van der Waals surface area (Å²) in [6.45, 7) is 0. The smallest absolute Gasteiger partial charge is 0.221 e. The fraction of sp³-hybridized carbons (Fsp3) is 0.350. The first kappa shape index (κ1) is 17.0. The van der Waals surface area contributed by atoms with Crippen LogP contribution in [-0.4, -0.2) is 11.9 Å². The van der Waals surface area contributed by atoms with Crippen molar-refractivity contribution in [1.82, 2.24) is 5.32 Å². The zero-order valence-electron chi connectivity index (χ0n) is 13.6. The van der Waals surface area contributed by atoms with Gasteiger partial charge in [-0.2, -0.15) is 0 Å². The number of amides is 1. The van der Waals surface area contributed by atoms with Crippen molar-refractivity contribution in [2.24, 2.45) is 11.7 Å². The molecule has 0 saturated heterocycles. The number of hydrogen-bond acceptors (Lipinski definition) is 2. The number of hydrogen-bond donors (Lipinski definition) is 2. The summed E-state index contributed by atoms with van der Waals surface area (Å²) in [5.41, 5.74) is 8.13. The first-order chi connectivity index (χ1) is 11.6. The highest BCUT2D eigenvalue weighted by Crippen LogP contribution is 2.28. The molecule has 3 atom stereocenters. The van der Waals surface area contributed by atoms with Crippen LogP contribution in [0.4, 0.5) is 0 Å². The van der Waals surface area contributed by atoms with E-state index in [9.17, 15) is 4.79 Å². The minimum Gasteiger partial charge on any atom is -0.345 e. The molecular weight excluding hydrogens is 320 g/mol. The third-order valence-corrected chi connectivity index (χ3v) is 5.02. The van der Waals surface area contributed by atoms with E-state index in [-0.39, 0.29) is 18.0 Å². The van der Waals surface area contributed by atoms with E-state index in [1.54, 1.807) is 0 Å². The predicted molar refractivity (Wildman–Crippen MR) is 97.8 cm³/mol. The van der Waals surface area contributed by atoms with Crippen molar-refractivity contribution in [2.45, 2.75) is 37.8 Å². The second-order valence-electron chi connectivity index (χ2n) is 6.53. The number of carbonyl (C=O) groups is 1. The fourth-order valence-corrected chi connectivity index (χ4v) is 3.67. The molecule has 0 bridgehead atoms. The van der Waals surface area contributed by atoms with Crippen LogP contribution in [0.3, 0.4) is 0 Å². The molecule has 4 heteroatoms. The second-order valence-corrected chi connectivity index (χ2v) is 6.96. The van der Waals surface area contributed by atoms with Crippen molar-refractivity contribution in [3.63, 3.8) is 0 Å².